The highest BCUT2D eigenvalue weighted by molar-refractivity contribution is 7.90. The van der Waals surface area contributed by atoms with Crippen molar-refractivity contribution in [1.29, 1.82) is 0 Å². The van der Waals surface area contributed by atoms with Crippen molar-refractivity contribution in [1.82, 2.24) is 14.6 Å². The zero-order valence-corrected chi connectivity index (χ0v) is 22.3. The van der Waals surface area contributed by atoms with Crippen LogP contribution in [0, 0.1) is 11.2 Å². The lowest BCUT2D eigenvalue weighted by Crippen LogP contribution is -2.36. The lowest BCUT2D eigenvalue weighted by molar-refractivity contribution is 0.154. The monoisotopic (exact) mass is 532 g/mol. The number of methoxy groups -OCH3 is 1. The molecule has 0 aliphatic carbocycles. The Morgan fingerprint density at radius 3 is 2.46 bits per heavy atom. The minimum absolute atomic E-state index is 0.0376. The van der Waals surface area contributed by atoms with Crippen LogP contribution in [0.1, 0.15) is 32.4 Å². The Kier molecular flexibility index (Phi) is 8.62. The van der Waals surface area contributed by atoms with Crippen molar-refractivity contribution in [3.63, 3.8) is 0 Å². The van der Waals surface area contributed by atoms with Crippen LogP contribution in [0.2, 0.25) is 0 Å². The molecule has 2 aromatic carbocycles. The third-order valence-electron chi connectivity index (χ3n) is 5.83. The molecule has 0 aliphatic heterocycles. The van der Waals surface area contributed by atoms with E-state index in [2.05, 4.69) is 16.0 Å². The van der Waals surface area contributed by atoms with Crippen LogP contribution in [0.15, 0.2) is 65.7 Å². The number of hydrogen-bond acceptors (Lipinski definition) is 7. The van der Waals surface area contributed by atoms with E-state index >= 15 is 0 Å². The molecule has 3 aromatic rings. The highest BCUT2D eigenvalue weighted by atomic mass is 32.2. The topological polar surface area (TPSA) is 122 Å². The number of carbonyl (C=O) groups excluding carboxylic acids is 1. The number of carbonyl (C=O) groups is 1. The lowest BCUT2D eigenvalue weighted by Gasteiger charge is -2.30. The second-order valence-corrected chi connectivity index (χ2v) is 11.4. The van der Waals surface area contributed by atoms with Gasteiger partial charge in [-0.05, 0) is 54.4 Å². The molecule has 0 bridgehead atoms. The van der Waals surface area contributed by atoms with E-state index in [0.29, 0.717) is 11.3 Å². The van der Waals surface area contributed by atoms with Gasteiger partial charge >= 0.3 is 6.09 Å². The van der Waals surface area contributed by atoms with E-state index in [4.69, 9.17) is 4.74 Å². The molecule has 0 saturated heterocycles. The normalized spacial score (nSPS) is 13.6. The number of anilines is 1. The number of rotatable bonds is 9. The molecule has 2 atom stereocenters. The van der Waals surface area contributed by atoms with Gasteiger partial charge in [-0.25, -0.2) is 21.6 Å². The van der Waals surface area contributed by atoms with E-state index in [-0.39, 0.29) is 22.7 Å². The summed E-state index contributed by atoms with van der Waals surface area (Å²) >= 11 is 0. The molecule has 200 valence electrons. The number of hydrogen-bond donors (Lipinski definition) is 4. The van der Waals surface area contributed by atoms with Crippen LogP contribution in [0.25, 0.3) is 11.3 Å². The van der Waals surface area contributed by atoms with E-state index in [1.165, 1.54) is 43.6 Å². The van der Waals surface area contributed by atoms with Crippen molar-refractivity contribution in [2.24, 2.45) is 5.41 Å². The number of nitrogens with one attached hydrogen (secondary N) is 3. The third kappa shape index (κ3) is 6.48. The largest absolute Gasteiger partial charge is 0.453 e. The Morgan fingerprint density at radius 2 is 1.84 bits per heavy atom. The molecule has 0 spiro atoms. The maximum atomic E-state index is 14.9. The molecule has 2 unspecified atom stereocenters. The number of likely N-dealkylation sites (N-methyl/N-ethyl adjacent to an activating group) is 1. The van der Waals surface area contributed by atoms with E-state index < -0.39 is 39.6 Å². The smallest absolute Gasteiger partial charge is 0.407 e. The summed E-state index contributed by atoms with van der Waals surface area (Å²) in [5.74, 6) is -0.590. The fourth-order valence-electron chi connectivity index (χ4n) is 3.86. The van der Waals surface area contributed by atoms with Gasteiger partial charge in [-0.3, -0.25) is 5.32 Å². The van der Waals surface area contributed by atoms with Crippen molar-refractivity contribution in [3.05, 3.63) is 72.2 Å². The number of alkyl carbamates (subject to hydrolysis) is 1. The van der Waals surface area contributed by atoms with E-state index in [0.717, 1.165) is 3.97 Å². The predicted octanol–water partition coefficient (Wildman–Crippen LogP) is 3.92. The highest BCUT2D eigenvalue weighted by Crippen LogP contribution is 2.38. The van der Waals surface area contributed by atoms with Crippen molar-refractivity contribution < 1.29 is 27.4 Å². The summed E-state index contributed by atoms with van der Waals surface area (Å²) in [6.07, 6.45) is -0.101. The van der Waals surface area contributed by atoms with Gasteiger partial charge < -0.3 is 20.5 Å². The molecule has 9 nitrogen and oxygen atoms in total. The molecular weight excluding hydrogens is 499 g/mol. The number of aliphatic hydroxyl groups is 1. The third-order valence-corrected chi connectivity index (χ3v) is 7.50. The fraction of sp³-hybridized carbons (Fsp3) is 0.346. The zero-order valence-electron chi connectivity index (χ0n) is 21.4. The molecule has 0 radical (unpaired) electrons. The Labute approximate surface area is 216 Å². The van der Waals surface area contributed by atoms with Crippen molar-refractivity contribution in [2.75, 3.05) is 26.0 Å². The summed E-state index contributed by atoms with van der Waals surface area (Å²) in [7, 11) is -1.37. The van der Waals surface area contributed by atoms with E-state index in [1.807, 2.05) is 20.8 Å². The average molecular weight is 533 g/mol. The van der Waals surface area contributed by atoms with Crippen LogP contribution in [0.5, 0.6) is 0 Å². The molecule has 0 saturated carbocycles. The molecule has 0 aliphatic rings. The molecule has 4 N–H and O–H groups in total. The predicted molar refractivity (Wildman–Crippen MR) is 140 cm³/mol. The molecular formula is C26H33FN4O5S. The van der Waals surface area contributed by atoms with Gasteiger partial charge in [-0.15, -0.1) is 0 Å². The first kappa shape index (κ1) is 28.2. The SMILES string of the molecule is CNC(O)CNc1cccc(S(=O)(=O)n2cc(C(NC(=O)OC)C(C)(C)C)cc2-c2ccccc2F)c1. The molecule has 1 amide bonds. The van der Waals surface area contributed by atoms with E-state index in [9.17, 15) is 22.7 Å². The van der Waals surface area contributed by atoms with Gasteiger partial charge in [0.25, 0.3) is 10.0 Å². The number of halogens is 1. The average Bonchev–Trinajstić information content (AvgIpc) is 3.30. The Morgan fingerprint density at radius 1 is 1.14 bits per heavy atom. The van der Waals surface area contributed by atoms with Crippen LogP contribution < -0.4 is 16.0 Å². The number of aromatic nitrogens is 1. The maximum absolute atomic E-state index is 14.9. The summed E-state index contributed by atoms with van der Waals surface area (Å²) in [4.78, 5) is 12.1. The second kappa shape index (κ2) is 11.3. The minimum Gasteiger partial charge on any atom is -0.453 e. The van der Waals surface area contributed by atoms with Gasteiger partial charge in [0.05, 0.1) is 30.3 Å². The Bertz CT molecular complexity index is 1350. The number of benzene rings is 2. The zero-order chi connectivity index (χ0) is 27.4. The van der Waals surface area contributed by atoms with Gasteiger partial charge in [-0.1, -0.05) is 39.0 Å². The molecule has 1 heterocycles. The first-order valence-electron chi connectivity index (χ1n) is 11.6. The van der Waals surface area contributed by atoms with Gasteiger partial charge in [0.2, 0.25) is 0 Å². The fourth-order valence-corrected chi connectivity index (χ4v) is 5.28. The first-order chi connectivity index (χ1) is 17.4. The number of nitrogens with zero attached hydrogens (tertiary/aromatic N) is 1. The van der Waals surface area contributed by atoms with Crippen LogP contribution in [-0.4, -0.2) is 50.5 Å². The summed E-state index contributed by atoms with van der Waals surface area (Å²) in [6.45, 7) is 5.81. The van der Waals surface area contributed by atoms with E-state index in [1.54, 1.807) is 31.3 Å². The maximum Gasteiger partial charge on any atom is 0.407 e. The van der Waals surface area contributed by atoms with Gasteiger partial charge in [-0.2, -0.15) is 0 Å². The standard InChI is InChI=1S/C26H33FN4O5S/c1-26(2,3)24(30-25(33)36-5)17-13-22(20-11-6-7-12-21(20)27)31(16-17)37(34,35)19-10-8-9-18(14-19)29-15-23(32)28-4/h6-14,16,23-24,28-29,32H,15H2,1-5H3,(H,30,33). The van der Waals surface area contributed by atoms with Gasteiger partial charge in [0, 0.05) is 17.4 Å². The number of ether oxygens (including phenoxy) is 1. The Balaban J connectivity index is 2.17. The minimum atomic E-state index is -4.21. The molecule has 11 heteroatoms. The summed E-state index contributed by atoms with van der Waals surface area (Å²) in [5, 5.41) is 18.2. The van der Waals surface area contributed by atoms with Crippen molar-refractivity contribution in [2.45, 2.75) is 37.9 Å². The van der Waals surface area contributed by atoms with Crippen LogP contribution >= 0.6 is 0 Å². The number of amides is 1. The highest BCUT2D eigenvalue weighted by Gasteiger charge is 2.32. The molecule has 0 fully saturated rings. The van der Waals surface area contributed by atoms with Crippen molar-refractivity contribution in [3.8, 4) is 11.3 Å². The second-order valence-electron chi connectivity index (χ2n) is 9.59. The number of aliphatic hydroxyl groups excluding tert-OH is 1. The quantitative estimate of drug-likeness (QED) is 0.308. The summed E-state index contributed by atoms with van der Waals surface area (Å²) < 4.78 is 48.5. The van der Waals surface area contributed by atoms with Crippen molar-refractivity contribution >= 4 is 21.8 Å². The first-order valence-corrected chi connectivity index (χ1v) is 13.1. The summed E-state index contributed by atoms with van der Waals surface area (Å²) in [5.41, 5.74) is 0.614. The van der Waals surface area contributed by atoms with Gasteiger partial charge in [0.15, 0.2) is 0 Å². The van der Waals surface area contributed by atoms with Crippen LogP contribution in [-0.2, 0) is 14.8 Å². The van der Waals surface area contributed by atoms with Crippen LogP contribution in [0.4, 0.5) is 14.9 Å². The lowest BCUT2D eigenvalue weighted by atomic mass is 9.83. The van der Waals surface area contributed by atoms with Gasteiger partial charge in [0.1, 0.15) is 12.0 Å². The molecule has 3 rings (SSSR count). The van der Waals surface area contributed by atoms with Crippen LogP contribution in [0.3, 0.4) is 0 Å². The molecule has 37 heavy (non-hydrogen) atoms. The molecule has 1 aromatic heterocycles. The Hall–Kier alpha value is -3.41. The summed E-state index contributed by atoms with van der Waals surface area (Å²) in [6, 6.07) is 12.9.